The number of fused-ring (bicyclic) bond motifs is 1. The van der Waals surface area contributed by atoms with Gasteiger partial charge in [-0.25, -0.2) is 0 Å². The Hall–Kier alpha value is -2.65. The monoisotopic (exact) mass is 418 g/mol. The maximum atomic E-state index is 12.8. The van der Waals surface area contributed by atoms with Crippen LogP contribution < -0.4 is 0 Å². The Morgan fingerprint density at radius 2 is 2.20 bits per heavy atom. The number of aromatic nitrogens is 2. The predicted molar refractivity (Wildman–Crippen MR) is 109 cm³/mol. The summed E-state index contributed by atoms with van der Waals surface area (Å²) in [4.78, 5) is 25.4. The smallest absolute Gasteiger partial charge is 0.290 e. The Morgan fingerprint density at radius 3 is 2.83 bits per heavy atom. The first-order valence-corrected chi connectivity index (χ1v) is 10.3. The molecule has 4 heterocycles. The van der Waals surface area contributed by atoms with Gasteiger partial charge in [0.2, 0.25) is 0 Å². The summed E-state index contributed by atoms with van der Waals surface area (Å²) in [6.07, 6.45) is 8.46. The Bertz CT molecular complexity index is 821. The first kappa shape index (κ1) is 22.0. The molecule has 2 aliphatic heterocycles. The number of aliphatic hydroxyl groups excluding tert-OH is 1. The highest BCUT2D eigenvalue weighted by molar-refractivity contribution is 5.91. The van der Waals surface area contributed by atoms with Crippen molar-refractivity contribution in [3.8, 4) is 0 Å². The van der Waals surface area contributed by atoms with E-state index in [2.05, 4.69) is 23.1 Å². The largest absolute Gasteiger partial charge is 0.483 e. The molecule has 0 radical (unpaired) electrons. The molecular formula is C21H30N4O5. The van der Waals surface area contributed by atoms with Crippen molar-refractivity contribution in [3.05, 3.63) is 42.1 Å². The minimum atomic E-state index is -0.250. The molecule has 9 heteroatoms. The van der Waals surface area contributed by atoms with Crippen molar-refractivity contribution in [2.75, 3.05) is 26.2 Å². The Labute approximate surface area is 175 Å². The fraction of sp³-hybridized carbons (Fsp3) is 0.571. The van der Waals surface area contributed by atoms with E-state index in [1.807, 2.05) is 15.8 Å². The van der Waals surface area contributed by atoms with Gasteiger partial charge in [-0.1, -0.05) is 0 Å². The quantitative estimate of drug-likeness (QED) is 0.711. The third-order valence-corrected chi connectivity index (χ3v) is 6.27. The van der Waals surface area contributed by atoms with Crippen LogP contribution in [-0.2, 0) is 17.9 Å². The lowest BCUT2D eigenvalue weighted by Gasteiger charge is -2.54. The molecule has 2 N–H and O–H groups in total. The fourth-order valence-corrected chi connectivity index (χ4v) is 4.69. The topological polar surface area (TPSA) is 112 Å². The van der Waals surface area contributed by atoms with E-state index in [4.69, 9.17) is 14.3 Å². The van der Waals surface area contributed by atoms with Gasteiger partial charge in [0.1, 0.15) is 0 Å². The number of nitrogens with zero attached hydrogens (tertiary/aromatic N) is 4. The second-order valence-corrected chi connectivity index (χ2v) is 7.90. The molecule has 2 atom stereocenters. The number of carbonyl (C=O) groups excluding carboxylic acids is 1. The van der Waals surface area contributed by atoms with Gasteiger partial charge in [-0.2, -0.15) is 5.10 Å². The first-order valence-electron chi connectivity index (χ1n) is 10.3. The number of furan rings is 1. The number of amides is 1. The average Bonchev–Trinajstić information content (AvgIpc) is 3.46. The number of piperidine rings is 2. The maximum absolute atomic E-state index is 12.8. The molecule has 2 saturated heterocycles. The Kier molecular flexibility index (Phi) is 7.28. The van der Waals surface area contributed by atoms with Gasteiger partial charge >= 0.3 is 0 Å². The number of carbonyl (C=O) groups is 2. The normalized spacial score (nSPS) is 23.9. The summed E-state index contributed by atoms with van der Waals surface area (Å²) in [6, 6.07) is 3.61. The van der Waals surface area contributed by atoms with Gasteiger partial charge in [0, 0.05) is 49.4 Å². The van der Waals surface area contributed by atoms with Crippen LogP contribution in [0.3, 0.4) is 0 Å². The van der Waals surface area contributed by atoms with E-state index in [-0.39, 0.29) is 30.4 Å². The number of likely N-dealkylation sites (tertiary alicyclic amines) is 2. The van der Waals surface area contributed by atoms with Gasteiger partial charge in [-0.3, -0.25) is 19.2 Å². The number of aryl methyl sites for hydroxylation is 1. The number of hydrogen-bond acceptors (Lipinski definition) is 6. The molecule has 2 aliphatic rings. The van der Waals surface area contributed by atoms with E-state index < -0.39 is 0 Å². The van der Waals surface area contributed by atoms with E-state index >= 15 is 0 Å². The minimum absolute atomic E-state index is 0.0594. The summed E-state index contributed by atoms with van der Waals surface area (Å²) in [5, 5.41) is 21.5. The van der Waals surface area contributed by atoms with Crippen molar-refractivity contribution in [3.63, 3.8) is 0 Å². The van der Waals surface area contributed by atoms with E-state index in [9.17, 15) is 9.90 Å². The lowest BCUT2D eigenvalue weighted by atomic mass is 9.69. The predicted octanol–water partition coefficient (Wildman–Crippen LogP) is 1.69. The standard InChI is InChI=1S/C20H28N4O3.CH2O2/c1-2-24-13-16(11-21-24)12-22-8-4-6-20(15-25)7-9-23(14-18(20)22)19(26)17-5-3-10-27-17;2-1-3/h3,5,10-11,13,18,25H,2,4,6-9,12,14-15H2,1H3;1H,(H,2,3)/t18-,20-;/m1./s1. The number of aliphatic hydroxyl groups is 1. The van der Waals surface area contributed by atoms with Crippen LogP contribution in [0.1, 0.15) is 42.3 Å². The van der Waals surface area contributed by atoms with Gasteiger partial charge in [-0.05, 0) is 44.9 Å². The molecule has 0 aromatic carbocycles. The van der Waals surface area contributed by atoms with Crippen LogP contribution in [-0.4, -0.2) is 74.5 Å². The second kappa shape index (κ2) is 9.90. The summed E-state index contributed by atoms with van der Waals surface area (Å²) in [5.74, 6) is 0.328. The molecule has 2 fully saturated rings. The van der Waals surface area contributed by atoms with E-state index in [0.29, 0.717) is 18.8 Å². The molecule has 30 heavy (non-hydrogen) atoms. The highest BCUT2D eigenvalue weighted by Gasteiger charge is 2.48. The molecule has 2 aromatic rings. The molecule has 2 aromatic heterocycles. The molecular weight excluding hydrogens is 388 g/mol. The van der Waals surface area contributed by atoms with Crippen LogP contribution >= 0.6 is 0 Å². The van der Waals surface area contributed by atoms with Crippen molar-refractivity contribution in [2.45, 2.75) is 45.3 Å². The summed E-state index contributed by atoms with van der Waals surface area (Å²) >= 11 is 0. The molecule has 0 aliphatic carbocycles. The van der Waals surface area contributed by atoms with Gasteiger partial charge < -0.3 is 19.5 Å². The van der Waals surface area contributed by atoms with E-state index in [1.54, 1.807) is 12.1 Å². The molecule has 0 bridgehead atoms. The van der Waals surface area contributed by atoms with Gasteiger partial charge in [0.05, 0.1) is 19.1 Å². The van der Waals surface area contributed by atoms with Crippen LogP contribution in [0.4, 0.5) is 0 Å². The van der Waals surface area contributed by atoms with Gasteiger partial charge in [0.15, 0.2) is 5.76 Å². The maximum Gasteiger partial charge on any atom is 0.290 e. The van der Waals surface area contributed by atoms with Crippen molar-refractivity contribution in [1.82, 2.24) is 19.6 Å². The van der Waals surface area contributed by atoms with E-state index in [1.165, 1.54) is 11.8 Å². The molecule has 164 valence electrons. The highest BCUT2D eigenvalue weighted by atomic mass is 16.3. The van der Waals surface area contributed by atoms with Crippen molar-refractivity contribution in [2.24, 2.45) is 5.41 Å². The van der Waals surface area contributed by atoms with Gasteiger partial charge in [0.25, 0.3) is 12.4 Å². The van der Waals surface area contributed by atoms with Gasteiger partial charge in [-0.15, -0.1) is 0 Å². The summed E-state index contributed by atoms with van der Waals surface area (Å²) < 4.78 is 7.25. The van der Waals surface area contributed by atoms with Crippen LogP contribution in [0.25, 0.3) is 0 Å². The Morgan fingerprint density at radius 1 is 1.40 bits per heavy atom. The minimum Gasteiger partial charge on any atom is -0.483 e. The van der Waals surface area contributed by atoms with Crippen LogP contribution in [0.5, 0.6) is 0 Å². The molecule has 4 rings (SSSR count). The SMILES string of the molecule is CCn1cc(CN2CCC[C@]3(CO)CCN(C(=O)c4ccco4)C[C@@H]23)cn1.O=CO. The highest BCUT2D eigenvalue weighted by Crippen LogP contribution is 2.42. The Balaban J connectivity index is 0.000000806. The first-order chi connectivity index (χ1) is 14.6. The lowest BCUT2D eigenvalue weighted by Crippen LogP contribution is -2.63. The molecule has 0 saturated carbocycles. The molecule has 0 spiro atoms. The van der Waals surface area contributed by atoms with Crippen LogP contribution in [0.2, 0.25) is 0 Å². The molecule has 0 unspecified atom stereocenters. The lowest BCUT2D eigenvalue weighted by molar-refractivity contribution is -0.122. The zero-order valence-corrected chi connectivity index (χ0v) is 17.3. The number of rotatable bonds is 5. The zero-order valence-electron chi connectivity index (χ0n) is 17.3. The average molecular weight is 418 g/mol. The van der Waals surface area contributed by atoms with Crippen LogP contribution in [0, 0.1) is 5.41 Å². The summed E-state index contributed by atoms with van der Waals surface area (Å²) in [6.45, 7) is 5.93. The van der Waals surface area contributed by atoms with Crippen molar-refractivity contribution >= 4 is 12.4 Å². The van der Waals surface area contributed by atoms with Crippen molar-refractivity contribution in [1.29, 1.82) is 0 Å². The summed E-state index contributed by atoms with van der Waals surface area (Å²) in [7, 11) is 0. The van der Waals surface area contributed by atoms with Crippen molar-refractivity contribution < 1.29 is 24.2 Å². The number of hydrogen-bond donors (Lipinski definition) is 2. The fourth-order valence-electron chi connectivity index (χ4n) is 4.69. The third-order valence-electron chi connectivity index (χ3n) is 6.27. The second-order valence-electron chi connectivity index (χ2n) is 7.90. The molecule has 9 nitrogen and oxygen atoms in total. The summed E-state index contributed by atoms with van der Waals surface area (Å²) in [5.41, 5.74) is 1.05. The van der Waals surface area contributed by atoms with E-state index in [0.717, 1.165) is 38.9 Å². The molecule has 1 amide bonds. The van der Waals surface area contributed by atoms with Crippen LogP contribution in [0.15, 0.2) is 35.2 Å². The number of carboxylic acid groups (broad SMARTS) is 1. The zero-order chi connectivity index (χ0) is 21.6. The third kappa shape index (κ3) is 4.57.